The summed E-state index contributed by atoms with van der Waals surface area (Å²) in [5.41, 5.74) is 5.22. The molecule has 0 bridgehead atoms. The Morgan fingerprint density at radius 1 is 1.12 bits per heavy atom. The van der Waals surface area contributed by atoms with Crippen LogP contribution in [0.2, 0.25) is 0 Å². The largest absolute Gasteiger partial charge is 0.493 e. The van der Waals surface area contributed by atoms with E-state index in [-0.39, 0.29) is 6.61 Å². The second-order valence-corrected chi connectivity index (χ2v) is 9.85. The third-order valence-electron chi connectivity index (χ3n) is 4.51. The van der Waals surface area contributed by atoms with Gasteiger partial charge in [0.1, 0.15) is 5.75 Å². The molecule has 0 spiro atoms. The first-order chi connectivity index (χ1) is 15.6. The Kier molecular flexibility index (Phi) is 10.0. The Morgan fingerprint density at radius 3 is 2.36 bits per heavy atom. The van der Waals surface area contributed by atoms with Crippen molar-refractivity contribution in [2.75, 3.05) is 34.5 Å². The lowest BCUT2D eigenvalue weighted by Crippen LogP contribution is -2.41. The van der Waals surface area contributed by atoms with Gasteiger partial charge < -0.3 is 34.5 Å². The van der Waals surface area contributed by atoms with E-state index >= 15 is 0 Å². The van der Waals surface area contributed by atoms with E-state index in [1.54, 1.807) is 51.7 Å². The molecule has 182 valence electrons. The predicted octanol–water partition coefficient (Wildman–Crippen LogP) is 3.35. The molecule has 1 aromatic carbocycles. The second kappa shape index (κ2) is 12.3. The fourth-order valence-electron chi connectivity index (χ4n) is 2.80. The molecule has 0 aliphatic rings. The maximum absolute atomic E-state index is 10.8. The van der Waals surface area contributed by atoms with Crippen molar-refractivity contribution in [2.24, 2.45) is 5.73 Å². The third-order valence-corrected chi connectivity index (χ3v) is 6.04. The van der Waals surface area contributed by atoms with Crippen LogP contribution >= 0.6 is 19.2 Å². The molecule has 0 saturated carbocycles. The van der Waals surface area contributed by atoms with Gasteiger partial charge in [-0.1, -0.05) is 11.8 Å². The van der Waals surface area contributed by atoms with Gasteiger partial charge in [-0.15, -0.1) is 11.3 Å². The zero-order valence-electron chi connectivity index (χ0n) is 19.1. The van der Waals surface area contributed by atoms with Crippen LogP contribution in [-0.2, 0) is 15.5 Å². The molecule has 33 heavy (non-hydrogen) atoms. The summed E-state index contributed by atoms with van der Waals surface area (Å²) in [6.45, 7) is 1.88. The molecular formula is C22H30NO8PS. The molecule has 0 radical (unpaired) electrons. The molecule has 9 nitrogen and oxygen atoms in total. The van der Waals surface area contributed by atoms with Gasteiger partial charge in [0.25, 0.3) is 0 Å². The molecule has 0 aliphatic heterocycles. The first-order valence-electron chi connectivity index (χ1n) is 10.1. The summed E-state index contributed by atoms with van der Waals surface area (Å²) >= 11 is 1.55. The summed E-state index contributed by atoms with van der Waals surface area (Å²) in [5, 5.41) is 0. The first-order valence-corrected chi connectivity index (χ1v) is 12.4. The second-order valence-electron chi connectivity index (χ2n) is 7.45. The SMILES string of the molecule is COc1cc(OCCC#Cc2ccc(CCC(C)(N)COP(=O)(O)O)s2)cc(OC)c1OC. The van der Waals surface area contributed by atoms with Crippen molar-refractivity contribution in [3.63, 3.8) is 0 Å². The summed E-state index contributed by atoms with van der Waals surface area (Å²) in [6.07, 6.45) is 1.71. The van der Waals surface area contributed by atoms with E-state index in [2.05, 4.69) is 16.4 Å². The van der Waals surface area contributed by atoms with Crippen LogP contribution in [0.25, 0.3) is 0 Å². The number of rotatable bonds is 12. The number of ether oxygens (including phenoxy) is 4. The summed E-state index contributed by atoms with van der Waals surface area (Å²) < 4.78 is 37.1. The van der Waals surface area contributed by atoms with Crippen molar-refractivity contribution in [2.45, 2.75) is 31.7 Å². The molecular weight excluding hydrogens is 469 g/mol. The van der Waals surface area contributed by atoms with Crippen molar-refractivity contribution in [1.82, 2.24) is 0 Å². The smallest absolute Gasteiger partial charge is 0.469 e. The van der Waals surface area contributed by atoms with Crippen LogP contribution in [-0.4, -0.2) is 49.9 Å². The van der Waals surface area contributed by atoms with Gasteiger partial charge in [-0.05, 0) is 31.9 Å². The van der Waals surface area contributed by atoms with Gasteiger partial charge in [-0.25, -0.2) is 4.57 Å². The molecule has 4 N–H and O–H groups in total. The average molecular weight is 500 g/mol. The maximum atomic E-state index is 10.8. The van der Waals surface area contributed by atoms with E-state index in [0.717, 1.165) is 9.75 Å². The Labute approximate surface area is 198 Å². The van der Waals surface area contributed by atoms with E-state index in [9.17, 15) is 4.57 Å². The number of phosphoric ester groups is 1. The van der Waals surface area contributed by atoms with Crippen LogP contribution in [0.15, 0.2) is 24.3 Å². The highest BCUT2D eigenvalue weighted by atomic mass is 32.1. The van der Waals surface area contributed by atoms with Gasteiger partial charge in [0, 0.05) is 29.0 Å². The van der Waals surface area contributed by atoms with Crippen molar-refractivity contribution in [3.8, 4) is 34.8 Å². The number of methoxy groups -OCH3 is 3. The maximum Gasteiger partial charge on any atom is 0.469 e. The van der Waals surface area contributed by atoms with Crippen molar-refractivity contribution in [3.05, 3.63) is 34.0 Å². The Hall–Kier alpha value is -2.25. The highest BCUT2D eigenvalue weighted by molar-refractivity contribution is 7.46. The molecule has 11 heteroatoms. The van der Waals surface area contributed by atoms with Gasteiger partial charge in [-0.2, -0.15) is 0 Å². The summed E-state index contributed by atoms with van der Waals surface area (Å²) in [5.74, 6) is 8.35. The molecule has 1 atom stereocenters. The van der Waals surface area contributed by atoms with Gasteiger partial charge in [0.2, 0.25) is 5.75 Å². The zero-order valence-corrected chi connectivity index (χ0v) is 20.8. The number of benzene rings is 1. The highest BCUT2D eigenvalue weighted by Gasteiger charge is 2.24. The molecule has 0 fully saturated rings. The first kappa shape index (κ1) is 27.0. The number of hydrogen-bond acceptors (Lipinski definition) is 8. The summed E-state index contributed by atoms with van der Waals surface area (Å²) in [4.78, 5) is 19.6. The Balaban J connectivity index is 1.84. The molecule has 2 rings (SSSR count). The summed E-state index contributed by atoms with van der Waals surface area (Å²) in [6, 6.07) is 7.38. The fourth-order valence-corrected chi connectivity index (χ4v) is 4.15. The number of nitrogens with two attached hydrogens (primary N) is 1. The quantitative estimate of drug-likeness (QED) is 0.229. The van der Waals surface area contributed by atoms with Gasteiger partial charge in [-0.3, -0.25) is 4.52 Å². The molecule has 0 aliphatic carbocycles. The van der Waals surface area contributed by atoms with E-state index in [1.165, 1.54) is 0 Å². The Morgan fingerprint density at radius 2 is 1.79 bits per heavy atom. The minimum Gasteiger partial charge on any atom is -0.493 e. The molecule has 1 unspecified atom stereocenters. The van der Waals surface area contributed by atoms with Crippen LogP contribution in [0.1, 0.15) is 29.5 Å². The van der Waals surface area contributed by atoms with Crippen LogP contribution in [0.4, 0.5) is 0 Å². The van der Waals surface area contributed by atoms with Gasteiger partial charge in [0.05, 0.1) is 39.4 Å². The molecule has 1 aromatic heterocycles. The van der Waals surface area contributed by atoms with Crippen LogP contribution in [0, 0.1) is 11.8 Å². The van der Waals surface area contributed by atoms with E-state index in [4.69, 9.17) is 34.5 Å². The molecule has 0 amide bonds. The van der Waals surface area contributed by atoms with E-state index in [0.29, 0.717) is 48.9 Å². The van der Waals surface area contributed by atoms with E-state index in [1.807, 2.05) is 12.1 Å². The minimum absolute atomic E-state index is 0.221. The van der Waals surface area contributed by atoms with Crippen molar-refractivity contribution >= 4 is 19.2 Å². The van der Waals surface area contributed by atoms with Crippen molar-refractivity contribution < 1.29 is 37.8 Å². The molecule has 0 saturated heterocycles. The Bertz CT molecular complexity index is 996. The topological polar surface area (TPSA) is 130 Å². The van der Waals surface area contributed by atoms with Crippen molar-refractivity contribution in [1.29, 1.82) is 0 Å². The minimum atomic E-state index is -4.53. The summed E-state index contributed by atoms with van der Waals surface area (Å²) in [7, 11) is 0.111. The fraction of sp³-hybridized carbons (Fsp3) is 0.455. The lowest BCUT2D eigenvalue weighted by molar-refractivity contribution is 0.154. The number of thiophene rings is 1. The van der Waals surface area contributed by atoms with Crippen LogP contribution in [0.5, 0.6) is 23.0 Å². The lowest BCUT2D eigenvalue weighted by atomic mass is 9.98. The molecule has 2 aromatic rings. The standard InChI is InChI=1S/C22H30NO8PS/c1-22(23,15-31-32(24,25)26)11-10-18-9-8-17(33-18)7-5-6-12-30-16-13-19(27-2)21(29-4)20(14-16)28-3/h8-9,13-14H,6,10-12,15,23H2,1-4H3,(H2,24,25,26). The normalized spacial score (nSPS) is 12.9. The number of aryl methyl sites for hydroxylation is 1. The zero-order chi connectivity index (χ0) is 24.5. The average Bonchev–Trinajstić information content (AvgIpc) is 3.23. The van der Waals surface area contributed by atoms with Crippen LogP contribution in [0.3, 0.4) is 0 Å². The van der Waals surface area contributed by atoms with Gasteiger partial charge >= 0.3 is 7.82 Å². The number of hydrogen-bond donors (Lipinski definition) is 3. The highest BCUT2D eigenvalue weighted by Crippen LogP contribution is 2.40. The number of phosphoric acid groups is 1. The third kappa shape index (κ3) is 9.26. The van der Waals surface area contributed by atoms with Crippen LogP contribution < -0.4 is 24.7 Å². The van der Waals surface area contributed by atoms with E-state index < -0.39 is 13.4 Å². The lowest BCUT2D eigenvalue weighted by Gasteiger charge is -2.24. The van der Waals surface area contributed by atoms with Gasteiger partial charge in [0.15, 0.2) is 11.5 Å². The monoisotopic (exact) mass is 499 g/mol. The predicted molar refractivity (Wildman–Crippen MR) is 126 cm³/mol. The molecule has 1 heterocycles.